The zero-order valence-corrected chi connectivity index (χ0v) is 15.2. The van der Waals surface area contributed by atoms with Gasteiger partial charge in [0.1, 0.15) is 5.75 Å². The maximum absolute atomic E-state index is 12.3. The number of anilines is 3. The molecule has 132 valence electrons. The molecule has 1 heterocycles. The van der Waals surface area contributed by atoms with Gasteiger partial charge in [0.25, 0.3) is 5.91 Å². The summed E-state index contributed by atoms with van der Waals surface area (Å²) in [6, 6.07) is 15.4. The molecule has 0 aliphatic rings. The number of hydrogen-bond acceptors (Lipinski definition) is 5. The molecule has 0 saturated heterocycles. The van der Waals surface area contributed by atoms with E-state index in [1.807, 2.05) is 24.3 Å². The van der Waals surface area contributed by atoms with Crippen LogP contribution in [-0.2, 0) is 0 Å². The number of carbonyl (C=O) groups excluding carboxylic acids is 1. The second-order valence-electron chi connectivity index (χ2n) is 5.21. The third kappa shape index (κ3) is 4.22. The van der Waals surface area contributed by atoms with Crippen LogP contribution < -0.4 is 15.4 Å². The van der Waals surface area contributed by atoms with Crippen LogP contribution in [0.5, 0.6) is 5.75 Å². The lowest BCUT2D eigenvalue weighted by Gasteiger charge is -2.10. The predicted octanol–water partition coefficient (Wildman–Crippen LogP) is 4.79. The van der Waals surface area contributed by atoms with Crippen LogP contribution >= 0.6 is 23.2 Å². The molecular formula is C18H14Cl2N4O2. The van der Waals surface area contributed by atoms with Gasteiger partial charge in [0, 0.05) is 5.02 Å². The van der Waals surface area contributed by atoms with Crippen molar-refractivity contribution >= 4 is 46.3 Å². The number of halogens is 2. The summed E-state index contributed by atoms with van der Waals surface area (Å²) in [5.74, 6) is 0.712. The highest BCUT2D eigenvalue weighted by Crippen LogP contribution is 2.27. The molecule has 3 rings (SSSR count). The number of amides is 1. The number of rotatable bonds is 5. The van der Waals surface area contributed by atoms with Crippen molar-refractivity contribution in [1.29, 1.82) is 0 Å². The molecule has 3 aromatic rings. The van der Waals surface area contributed by atoms with Gasteiger partial charge in [0.05, 0.1) is 23.5 Å². The second-order valence-corrected chi connectivity index (χ2v) is 6.05. The van der Waals surface area contributed by atoms with Crippen LogP contribution in [0.25, 0.3) is 0 Å². The van der Waals surface area contributed by atoms with Crippen molar-refractivity contribution in [2.24, 2.45) is 0 Å². The van der Waals surface area contributed by atoms with Gasteiger partial charge in [-0.15, -0.1) is 10.2 Å². The van der Waals surface area contributed by atoms with Gasteiger partial charge in [-0.25, -0.2) is 0 Å². The number of nitrogens with one attached hydrogen (secondary N) is 2. The molecule has 1 amide bonds. The number of benzene rings is 2. The predicted molar refractivity (Wildman–Crippen MR) is 103 cm³/mol. The minimum atomic E-state index is -0.439. The van der Waals surface area contributed by atoms with Crippen LogP contribution in [0.3, 0.4) is 0 Å². The lowest BCUT2D eigenvalue weighted by Crippen LogP contribution is -2.15. The van der Waals surface area contributed by atoms with Gasteiger partial charge in [-0.2, -0.15) is 0 Å². The lowest BCUT2D eigenvalue weighted by atomic mass is 10.3. The van der Waals surface area contributed by atoms with E-state index in [1.54, 1.807) is 37.4 Å². The topological polar surface area (TPSA) is 76.1 Å². The summed E-state index contributed by atoms with van der Waals surface area (Å²) in [5.41, 5.74) is 1.29. The third-order valence-electron chi connectivity index (χ3n) is 3.44. The molecule has 0 aliphatic carbocycles. The Morgan fingerprint density at radius 3 is 2.54 bits per heavy atom. The van der Waals surface area contributed by atoms with Crippen LogP contribution in [0.2, 0.25) is 10.0 Å². The van der Waals surface area contributed by atoms with Crippen LogP contribution in [0.4, 0.5) is 17.2 Å². The van der Waals surface area contributed by atoms with Crippen molar-refractivity contribution in [1.82, 2.24) is 10.2 Å². The van der Waals surface area contributed by atoms with Gasteiger partial charge in [-0.05, 0) is 42.5 Å². The minimum absolute atomic E-state index is 0.145. The van der Waals surface area contributed by atoms with Gasteiger partial charge in [-0.3, -0.25) is 4.79 Å². The van der Waals surface area contributed by atoms with Crippen molar-refractivity contribution in [2.75, 3.05) is 17.7 Å². The molecular weight excluding hydrogens is 375 g/mol. The first kappa shape index (κ1) is 18.0. The quantitative estimate of drug-likeness (QED) is 0.656. The average Bonchev–Trinajstić information content (AvgIpc) is 2.65. The van der Waals surface area contributed by atoms with Crippen molar-refractivity contribution in [3.05, 3.63) is 70.3 Å². The molecule has 0 spiro atoms. The Morgan fingerprint density at radius 2 is 1.81 bits per heavy atom. The number of aromatic nitrogens is 2. The Bertz CT molecular complexity index is 933. The van der Waals surface area contributed by atoms with Crippen molar-refractivity contribution in [3.63, 3.8) is 0 Å². The van der Waals surface area contributed by atoms with E-state index in [-0.39, 0.29) is 5.69 Å². The van der Waals surface area contributed by atoms with E-state index < -0.39 is 5.91 Å². The van der Waals surface area contributed by atoms with Gasteiger partial charge in [0.2, 0.25) is 0 Å². The van der Waals surface area contributed by atoms with E-state index in [4.69, 9.17) is 27.9 Å². The van der Waals surface area contributed by atoms with Crippen molar-refractivity contribution in [2.45, 2.75) is 0 Å². The molecule has 0 atom stereocenters. The molecule has 0 radical (unpaired) electrons. The fourth-order valence-electron chi connectivity index (χ4n) is 2.19. The summed E-state index contributed by atoms with van der Waals surface area (Å²) < 4.78 is 5.27. The number of para-hydroxylation sites is 2. The zero-order chi connectivity index (χ0) is 18.5. The average molecular weight is 389 g/mol. The minimum Gasteiger partial charge on any atom is -0.495 e. The number of carbonyl (C=O) groups is 1. The van der Waals surface area contributed by atoms with E-state index in [9.17, 15) is 4.79 Å². The molecule has 2 aromatic carbocycles. The fourth-order valence-corrected chi connectivity index (χ4v) is 2.52. The molecule has 0 unspecified atom stereocenters. The highest BCUT2D eigenvalue weighted by molar-refractivity contribution is 6.35. The van der Waals surface area contributed by atoms with E-state index in [1.165, 1.54) is 0 Å². The Balaban J connectivity index is 1.73. The SMILES string of the molecule is COc1ccccc1Nc1ccc(C(=O)Nc2cc(Cl)ccc2Cl)nn1. The van der Waals surface area contributed by atoms with Crippen LogP contribution in [0, 0.1) is 0 Å². The number of ether oxygens (including phenoxy) is 1. The summed E-state index contributed by atoms with van der Waals surface area (Å²) in [6.07, 6.45) is 0. The fraction of sp³-hybridized carbons (Fsp3) is 0.0556. The van der Waals surface area contributed by atoms with Crippen LogP contribution in [-0.4, -0.2) is 23.2 Å². The normalized spacial score (nSPS) is 10.3. The Labute approximate surface area is 160 Å². The first-order valence-corrected chi connectivity index (χ1v) is 8.32. The lowest BCUT2D eigenvalue weighted by molar-refractivity contribution is 0.102. The van der Waals surface area contributed by atoms with Crippen molar-refractivity contribution < 1.29 is 9.53 Å². The van der Waals surface area contributed by atoms with Crippen LogP contribution in [0.15, 0.2) is 54.6 Å². The maximum atomic E-state index is 12.3. The molecule has 1 aromatic heterocycles. The van der Waals surface area contributed by atoms with Crippen molar-refractivity contribution in [3.8, 4) is 5.75 Å². The van der Waals surface area contributed by atoms with E-state index in [2.05, 4.69) is 20.8 Å². The molecule has 0 bridgehead atoms. The Hall–Kier alpha value is -2.83. The van der Waals surface area contributed by atoms with Gasteiger partial charge in [0.15, 0.2) is 11.5 Å². The van der Waals surface area contributed by atoms with Gasteiger partial charge in [-0.1, -0.05) is 35.3 Å². The maximum Gasteiger partial charge on any atom is 0.276 e. The number of methoxy groups -OCH3 is 1. The van der Waals surface area contributed by atoms with E-state index >= 15 is 0 Å². The van der Waals surface area contributed by atoms with Gasteiger partial charge < -0.3 is 15.4 Å². The van der Waals surface area contributed by atoms with Gasteiger partial charge >= 0.3 is 0 Å². The van der Waals surface area contributed by atoms with E-state index in [0.29, 0.717) is 27.3 Å². The number of nitrogens with zero attached hydrogens (tertiary/aromatic N) is 2. The molecule has 6 nitrogen and oxygen atoms in total. The first-order valence-electron chi connectivity index (χ1n) is 7.57. The monoisotopic (exact) mass is 388 g/mol. The molecule has 0 aliphatic heterocycles. The number of hydrogen-bond donors (Lipinski definition) is 2. The first-order chi connectivity index (χ1) is 12.6. The second kappa shape index (κ2) is 8.03. The highest BCUT2D eigenvalue weighted by Gasteiger charge is 2.12. The summed E-state index contributed by atoms with van der Waals surface area (Å²) >= 11 is 12.0. The third-order valence-corrected chi connectivity index (χ3v) is 4.01. The van der Waals surface area contributed by atoms with Crippen LogP contribution in [0.1, 0.15) is 10.5 Å². The largest absolute Gasteiger partial charge is 0.495 e. The summed E-state index contributed by atoms with van der Waals surface area (Å²) in [4.78, 5) is 12.3. The zero-order valence-electron chi connectivity index (χ0n) is 13.7. The molecule has 2 N–H and O–H groups in total. The molecule has 0 fully saturated rings. The standard InChI is InChI=1S/C18H14Cl2N4O2/c1-26-16-5-3-2-4-13(16)21-17-9-8-14(23-24-17)18(25)22-15-10-11(19)6-7-12(15)20/h2-10H,1H3,(H,21,24)(H,22,25). The smallest absolute Gasteiger partial charge is 0.276 e. The summed E-state index contributed by atoms with van der Waals surface area (Å²) in [6.45, 7) is 0. The molecule has 8 heteroatoms. The summed E-state index contributed by atoms with van der Waals surface area (Å²) in [7, 11) is 1.58. The molecule has 0 saturated carbocycles. The summed E-state index contributed by atoms with van der Waals surface area (Å²) in [5, 5.41) is 14.5. The van der Waals surface area contributed by atoms with E-state index in [0.717, 1.165) is 5.69 Å². The Morgan fingerprint density at radius 1 is 1.00 bits per heavy atom. The highest BCUT2D eigenvalue weighted by atomic mass is 35.5. The molecule has 26 heavy (non-hydrogen) atoms. The Kier molecular flexibility index (Phi) is 5.55.